The van der Waals surface area contributed by atoms with Crippen LogP contribution in [0.4, 0.5) is 0 Å². The molecule has 0 aliphatic heterocycles. The van der Waals surface area contributed by atoms with Gasteiger partial charge >= 0.3 is 1.43 Å². The third kappa shape index (κ3) is 2.10. The molecule has 0 radical (unpaired) electrons. The van der Waals surface area contributed by atoms with E-state index in [2.05, 4.69) is 0 Å². The molecule has 48 valence electrons. The summed E-state index contributed by atoms with van der Waals surface area (Å²) in [4.78, 5) is 10.8. The van der Waals surface area contributed by atoms with E-state index in [0.717, 1.165) is 0 Å². The van der Waals surface area contributed by atoms with Crippen LogP contribution in [0.1, 0.15) is 29.1 Å². The van der Waals surface area contributed by atoms with E-state index in [9.17, 15) is 4.79 Å². The fourth-order valence-electron chi connectivity index (χ4n) is 0.667. The molecule has 0 aromatic carbocycles. The lowest BCUT2D eigenvalue weighted by Crippen LogP contribution is -2.13. The van der Waals surface area contributed by atoms with Crippen molar-refractivity contribution in [3.05, 3.63) is 0 Å². The maximum Gasteiger partial charge on any atom is 1.00 e. The summed E-state index contributed by atoms with van der Waals surface area (Å²) >= 11 is 0. The van der Waals surface area contributed by atoms with E-state index in [1.54, 1.807) is 0 Å². The first-order chi connectivity index (χ1) is 3.55. The van der Waals surface area contributed by atoms with Crippen LogP contribution in [0.15, 0.2) is 0 Å². The highest BCUT2D eigenvalue weighted by molar-refractivity contribution is 5.81. The van der Waals surface area contributed by atoms with Crippen molar-refractivity contribution in [2.75, 3.05) is 0 Å². The molecule has 0 rings (SSSR count). The molecule has 0 aliphatic carbocycles. The Morgan fingerprint density at radius 1 is 1.12 bits per heavy atom. The average molecular weight is 115 g/mol. The zero-order valence-electron chi connectivity index (χ0n) is 7.06. The topological polar surface area (TPSA) is 17.1 Å². The predicted molar refractivity (Wildman–Crippen MR) is 35.8 cm³/mol. The Hall–Kier alpha value is -0.330. The number of carbonyl (C=O) groups is 1. The fraction of sp³-hybridized carbons (Fsp3) is 0.857. The molecule has 0 saturated carbocycles. The highest BCUT2D eigenvalue weighted by Crippen LogP contribution is 2.03. The third-order valence-electron chi connectivity index (χ3n) is 1.14. The van der Waals surface area contributed by atoms with Crippen molar-refractivity contribution in [1.29, 1.82) is 0 Å². The number of carbonyl (C=O) groups excluding carboxylic acids is 1. The summed E-state index contributed by atoms with van der Waals surface area (Å²) in [5.41, 5.74) is 0. The van der Waals surface area contributed by atoms with E-state index in [1.165, 1.54) is 0 Å². The summed E-state index contributed by atoms with van der Waals surface area (Å²) in [5.74, 6) is 0.759. The van der Waals surface area contributed by atoms with Crippen LogP contribution < -0.4 is 0 Å². The van der Waals surface area contributed by atoms with Gasteiger partial charge in [-0.3, -0.25) is 4.79 Å². The van der Waals surface area contributed by atoms with Gasteiger partial charge in [0.1, 0.15) is 5.78 Å². The second kappa shape index (κ2) is 2.85. The summed E-state index contributed by atoms with van der Waals surface area (Å²) in [6, 6.07) is 0. The summed E-state index contributed by atoms with van der Waals surface area (Å²) in [6.07, 6.45) is 0. The van der Waals surface area contributed by atoms with Crippen LogP contribution in [0.25, 0.3) is 0 Å². The third-order valence-corrected chi connectivity index (χ3v) is 1.14. The lowest BCUT2D eigenvalue weighted by molar-refractivity contribution is -0.124. The first-order valence-corrected chi connectivity index (χ1v) is 3.09. The minimum Gasteiger partial charge on any atom is -0.299 e. The monoisotopic (exact) mass is 115 g/mol. The van der Waals surface area contributed by atoms with Gasteiger partial charge in [0.25, 0.3) is 0 Å². The molecule has 0 aromatic rings. The zero-order chi connectivity index (χ0) is 6.73. The van der Waals surface area contributed by atoms with Crippen LogP contribution in [0.3, 0.4) is 0 Å². The van der Waals surface area contributed by atoms with E-state index in [-0.39, 0.29) is 13.3 Å². The molecular formula is C7H15O+. The first-order valence-electron chi connectivity index (χ1n) is 3.09. The summed E-state index contributed by atoms with van der Waals surface area (Å²) in [5, 5.41) is 0. The molecule has 0 N–H and O–H groups in total. The lowest BCUT2D eigenvalue weighted by Gasteiger charge is -2.05. The zero-order valence-corrected chi connectivity index (χ0v) is 6.06. The molecular weight excluding hydrogens is 100 g/mol. The van der Waals surface area contributed by atoms with Gasteiger partial charge in [-0.1, -0.05) is 27.7 Å². The number of rotatable bonds is 2. The molecule has 0 aliphatic rings. The van der Waals surface area contributed by atoms with Crippen molar-refractivity contribution in [2.24, 2.45) is 11.8 Å². The van der Waals surface area contributed by atoms with E-state index in [1.807, 2.05) is 27.7 Å². The van der Waals surface area contributed by atoms with Crippen LogP contribution >= 0.6 is 0 Å². The molecule has 1 nitrogen and oxygen atoms in total. The van der Waals surface area contributed by atoms with Gasteiger partial charge in [0.15, 0.2) is 0 Å². The second-order valence-electron chi connectivity index (χ2n) is 2.71. The minimum atomic E-state index is 0. The molecule has 0 aromatic heterocycles. The minimum absolute atomic E-state index is 0. The molecule has 8 heavy (non-hydrogen) atoms. The van der Waals surface area contributed by atoms with Crippen LogP contribution in [0, 0.1) is 11.8 Å². The number of ketones is 1. The van der Waals surface area contributed by atoms with E-state index in [4.69, 9.17) is 0 Å². The molecule has 0 heterocycles. The van der Waals surface area contributed by atoms with Gasteiger partial charge in [0.05, 0.1) is 0 Å². The van der Waals surface area contributed by atoms with Gasteiger partial charge in [0, 0.05) is 11.8 Å². The smallest absolute Gasteiger partial charge is 0.299 e. The maximum atomic E-state index is 10.8. The average Bonchev–Trinajstić information content (AvgIpc) is 1.64. The van der Waals surface area contributed by atoms with Crippen LogP contribution in [0.2, 0.25) is 0 Å². The van der Waals surface area contributed by atoms with Gasteiger partial charge in [-0.15, -0.1) is 0 Å². The molecule has 0 atom stereocenters. The van der Waals surface area contributed by atoms with Crippen molar-refractivity contribution in [1.82, 2.24) is 0 Å². The lowest BCUT2D eigenvalue weighted by atomic mass is 9.99. The summed E-state index contributed by atoms with van der Waals surface area (Å²) in [7, 11) is 0. The van der Waals surface area contributed by atoms with Crippen molar-refractivity contribution in [3.8, 4) is 0 Å². The Bertz CT molecular complexity index is 76.9. The fourth-order valence-corrected chi connectivity index (χ4v) is 0.667. The standard InChI is InChI=1S/C7H14O/c1-5(2)7(8)6(3)4/h5-6H,1-4H3/p+1. The van der Waals surface area contributed by atoms with Gasteiger partial charge in [0.2, 0.25) is 0 Å². The van der Waals surface area contributed by atoms with Gasteiger partial charge in [-0.25, -0.2) is 0 Å². The Morgan fingerprint density at radius 2 is 1.38 bits per heavy atom. The molecule has 0 saturated heterocycles. The maximum absolute atomic E-state index is 10.8. The molecule has 0 bridgehead atoms. The first kappa shape index (κ1) is 7.67. The normalized spacial score (nSPS) is 10.8. The van der Waals surface area contributed by atoms with Crippen molar-refractivity contribution in [3.63, 3.8) is 0 Å². The van der Waals surface area contributed by atoms with Crippen molar-refractivity contribution < 1.29 is 6.22 Å². The van der Waals surface area contributed by atoms with E-state index >= 15 is 0 Å². The Morgan fingerprint density at radius 3 is 1.38 bits per heavy atom. The quantitative estimate of drug-likeness (QED) is 0.537. The van der Waals surface area contributed by atoms with Crippen LogP contribution in [0.5, 0.6) is 0 Å². The van der Waals surface area contributed by atoms with Gasteiger partial charge in [-0.2, -0.15) is 0 Å². The van der Waals surface area contributed by atoms with Crippen molar-refractivity contribution >= 4 is 5.78 Å². The molecule has 0 spiro atoms. The molecule has 0 fully saturated rings. The van der Waals surface area contributed by atoms with Gasteiger partial charge < -0.3 is 0 Å². The summed E-state index contributed by atoms with van der Waals surface area (Å²) < 4.78 is 0. The number of hydrogen-bond donors (Lipinski definition) is 0. The van der Waals surface area contributed by atoms with Crippen molar-refractivity contribution in [2.45, 2.75) is 27.7 Å². The second-order valence-corrected chi connectivity index (χ2v) is 2.71. The van der Waals surface area contributed by atoms with Crippen LogP contribution in [-0.2, 0) is 4.79 Å². The van der Waals surface area contributed by atoms with E-state index < -0.39 is 0 Å². The predicted octanol–water partition coefficient (Wildman–Crippen LogP) is 1.98. The molecule has 1 heteroatoms. The Labute approximate surface area is 52.6 Å². The highest BCUT2D eigenvalue weighted by Gasteiger charge is 2.09. The molecule has 0 unspecified atom stereocenters. The molecule has 0 amide bonds. The Balaban J connectivity index is 0. The highest BCUT2D eigenvalue weighted by atomic mass is 16.1. The summed E-state index contributed by atoms with van der Waals surface area (Å²) in [6.45, 7) is 7.73. The van der Waals surface area contributed by atoms with Gasteiger partial charge in [-0.05, 0) is 0 Å². The number of Topliss-reactive ketones (excluding diaryl/α,β-unsaturated/α-hetero) is 1. The Kier molecular flexibility index (Phi) is 2.74. The SMILES string of the molecule is CC(C)C(=O)C(C)C.[H+]. The number of hydrogen-bond acceptors (Lipinski definition) is 1. The largest absolute Gasteiger partial charge is 1.00 e. The van der Waals surface area contributed by atoms with E-state index in [0.29, 0.717) is 5.78 Å². The van der Waals surface area contributed by atoms with Crippen LogP contribution in [-0.4, -0.2) is 5.78 Å².